The quantitative estimate of drug-likeness (QED) is 0.229. The van der Waals surface area contributed by atoms with Crippen LogP contribution in [0.25, 0.3) is 0 Å². The lowest BCUT2D eigenvalue weighted by Gasteiger charge is -2.26. The number of carbonyl (C=O) groups is 1. The van der Waals surface area contributed by atoms with Gasteiger partial charge >= 0.3 is 0 Å². The van der Waals surface area contributed by atoms with Gasteiger partial charge in [-0.25, -0.2) is 8.78 Å². The van der Waals surface area contributed by atoms with Crippen LogP contribution in [0.4, 0.5) is 8.78 Å². The van der Waals surface area contributed by atoms with Gasteiger partial charge in [0, 0.05) is 25.0 Å². The topological polar surface area (TPSA) is 32.3 Å². The van der Waals surface area contributed by atoms with Gasteiger partial charge in [0.2, 0.25) is 5.91 Å². The summed E-state index contributed by atoms with van der Waals surface area (Å²) in [6.07, 6.45) is 6.56. The van der Waals surface area contributed by atoms with Crippen LogP contribution in [0.5, 0.6) is 0 Å². The summed E-state index contributed by atoms with van der Waals surface area (Å²) in [5.41, 5.74) is 3.25. The number of unbranched alkanes of at least 4 members (excludes halogenated alkanes) is 2. The van der Waals surface area contributed by atoms with Crippen molar-refractivity contribution in [2.24, 2.45) is 17.8 Å². The first-order valence-electron chi connectivity index (χ1n) is 15.5. The van der Waals surface area contributed by atoms with Crippen LogP contribution in [0, 0.1) is 29.4 Å². The van der Waals surface area contributed by atoms with Crippen molar-refractivity contribution in [2.45, 2.75) is 70.3 Å². The number of hydrogen-bond acceptors (Lipinski definition) is 2. The minimum atomic E-state index is -0.236. The number of fused-ring (bicyclic) bond motifs is 1. The number of hydrogen-bond donors (Lipinski definition) is 1. The van der Waals surface area contributed by atoms with Crippen molar-refractivity contribution in [3.63, 3.8) is 0 Å². The lowest BCUT2D eigenvalue weighted by atomic mass is 9.87. The van der Waals surface area contributed by atoms with Gasteiger partial charge in [-0.3, -0.25) is 4.79 Å². The molecule has 1 saturated carbocycles. The average molecular weight is 559 g/mol. The molecule has 1 heterocycles. The van der Waals surface area contributed by atoms with Gasteiger partial charge in [-0.15, -0.1) is 0 Å². The van der Waals surface area contributed by atoms with E-state index in [9.17, 15) is 13.6 Å². The maximum Gasteiger partial charge on any atom is 0.228 e. The van der Waals surface area contributed by atoms with Gasteiger partial charge in [0.1, 0.15) is 11.6 Å². The number of benzene rings is 3. The smallest absolute Gasteiger partial charge is 0.228 e. The Bertz CT molecular complexity index is 1200. The summed E-state index contributed by atoms with van der Waals surface area (Å²) < 4.78 is 27.1. The van der Waals surface area contributed by atoms with E-state index < -0.39 is 0 Å². The molecule has 1 N–H and O–H groups in total. The van der Waals surface area contributed by atoms with Crippen LogP contribution in [0.1, 0.15) is 80.9 Å². The number of nitrogens with one attached hydrogen (secondary N) is 1. The zero-order valence-corrected chi connectivity index (χ0v) is 24.4. The fourth-order valence-corrected chi connectivity index (χ4v) is 7.27. The van der Waals surface area contributed by atoms with E-state index in [1.807, 2.05) is 42.5 Å². The number of carbonyl (C=O) groups excluding carboxylic acids is 1. The monoisotopic (exact) mass is 558 g/mol. The second-order valence-corrected chi connectivity index (χ2v) is 12.5. The lowest BCUT2D eigenvalue weighted by molar-refractivity contribution is -0.124. The third-order valence-electron chi connectivity index (χ3n) is 9.38. The molecule has 4 atom stereocenters. The molecule has 2 fully saturated rings. The number of nitrogens with zero attached hydrogens (tertiary/aromatic N) is 1. The van der Waals surface area contributed by atoms with Gasteiger partial charge in [0.25, 0.3) is 0 Å². The largest absolute Gasteiger partial charge is 0.352 e. The predicted octanol–water partition coefficient (Wildman–Crippen LogP) is 7.92. The first-order valence-corrected chi connectivity index (χ1v) is 15.5. The summed E-state index contributed by atoms with van der Waals surface area (Å²) in [4.78, 5) is 16.0. The molecule has 41 heavy (non-hydrogen) atoms. The predicted molar refractivity (Wildman–Crippen MR) is 162 cm³/mol. The van der Waals surface area contributed by atoms with E-state index in [0.29, 0.717) is 11.8 Å². The molecular formula is C36H44F2N2O. The van der Waals surface area contributed by atoms with Crippen LogP contribution in [0.3, 0.4) is 0 Å². The Hall–Kier alpha value is -3.05. The molecule has 5 heteroatoms. The summed E-state index contributed by atoms with van der Waals surface area (Å²) >= 11 is 0. The molecule has 2 aliphatic rings. The molecule has 218 valence electrons. The van der Waals surface area contributed by atoms with E-state index in [4.69, 9.17) is 0 Å². The Kier molecular flexibility index (Phi) is 9.87. The standard InChI is InChI=1S/C36H44F2N2O/c1-25(2)35(28-9-5-3-6-10-28)36(41)39-34-21-16-29-23-40(24-33(29)34)22-8-4-7-11-32(26-12-17-30(37)18-13-26)27-14-19-31(38)20-15-27/h3,5-6,9-10,12-15,17-20,25,29,32-35H,4,7-8,11,16,21-24H2,1-2H3,(H,39,41)/t29?,33-,34?,35?/m0/s1. The molecule has 3 aromatic rings. The second kappa shape index (κ2) is 13.7. The molecule has 1 amide bonds. The molecule has 1 aliphatic heterocycles. The Labute approximate surface area is 244 Å². The summed E-state index contributed by atoms with van der Waals surface area (Å²) in [6, 6.07) is 23.9. The average Bonchev–Trinajstić information content (AvgIpc) is 3.54. The molecule has 1 saturated heterocycles. The van der Waals surface area contributed by atoms with E-state index in [1.54, 1.807) is 0 Å². The zero-order chi connectivity index (χ0) is 28.8. The summed E-state index contributed by atoms with van der Waals surface area (Å²) in [5.74, 6) is 1.20. The number of halogens is 2. The van der Waals surface area contributed by atoms with Crippen molar-refractivity contribution in [1.29, 1.82) is 0 Å². The summed E-state index contributed by atoms with van der Waals surface area (Å²) in [6.45, 7) is 7.56. The van der Waals surface area contributed by atoms with Crippen LogP contribution in [0.2, 0.25) is 0 Å². The SMILES string of the molecule is CC(C)C(C(=O)NC1CCC2CN(CCCCCC(c3ccc(F)cc3)c3ccc(F)cc3)C[C@@H]21)c1ccccc1. The highest BCUT2D eigenvalue weighted by Crippen LogP contribution is 2.39. The lowest BCUT2D eigenvalue weighted by Crippen LogP contribution is -2.43. The van der Waals surface area contributed by atoms with Crippen LogP contribution in [-0.2, 0) is 4.79 Å². The van der Waals surface area contributed by atoms with Crippen molar-refractivity contribution in [1.82, 2.24) is 10.2 Å². The third-order valence-corrected chi connectivity index (χ3v) is 9.38. The Balaban J connectivity index is 1.09. The number of likely N-dealkylation sites (tertiary alicyclic amines) is 1. The second-order valence-electron chi connectivity index (χ2n) is 12.5. The first kappa shape index (κ1) is 29.4. The molecule has 0 radical (unpaired) electrons. The van der Waals surface area contributed by atoms with E-state index in [2.05, 4.69) is 36.2 Å². The van der Waals surface area contributed by atoms with Crippen LogP contribution in [-0.4, -0.2) is 36.5 Å². The number of amides is 1. The highest BCUT2D eigenvalue weighted by atomic mass is 19.1. The van der Waals surface area contributed by atoms with Crippen LogP contribution >= 0.6 is 0 Å². The van der Waals surface area contributed by atoms with Gasteiger partial charge in [0.15, 0.2) is 0 Å². The molecule has 3 unspecified atom stereocenters. The Morgan fingerprint density at radius 3 is 2.05 bits per heavy atom. The fourth-order valence-electron chi connectivity index (χ4n) is 7.27. The normalized spacial score (nSPS) is 21.4. The van der Waals surface area contributed by atoms with Crippen molar-refractivity contribution < 1.29 is 13.6 Å². The highest BCUT2D eigenvalue weighted by Gasteiger charge is 2.43. The van der Waals surface area contributed by atoms with Crippen LogP contribution < -0.4 is 5.32 Å². The van der Waals surface area contributed by atoms with Crippen molar-refractivity contribution in [3.05, 3.63) is 107 Å². The van der Waals surface area contributed by atoms with Crippen molar-refractivity contribution in [2.75, 3.05) is 19.6 Å². The minimum absolute atomic E-state index is 0.110. The van der Waals surface area contributed by atoms with E-state index in [0.717, 1.165) is 68.4 Å². The van der Waals surface area contributed by atoms with Crippen molar-refractivity contribution >= 4 is 5.91 Å². The fraction of sp³-hybridized carbons (Fsp3) is 0.472. The third kappa shape index (κ3) is 7.43. The summed E-state index contributed by atoms with van der Waals surface area (Å²) in [7, 11) is 0. The van der Waals surface area contributed by atoms with Gasteiger partial charge < -0.3 is 10.2 Å². The van der Waals surface area contributed by atoms with E-state index in [-0.39, 0.29) is 41.3 Å². The molecule has 0 bridgehead atoms. The van der Waals surface area contributed by atoms with Gasteiger partial charge in [-0.05, 0) is 90.9 Å². The zero-order valence-electron chi connectivity index (χ0n) is 24.4. The van der Waals surface area contributed by atoms with E-state index in [1.165, 1.54) is 30.7 Å². The van der Waals surface area contributed by atoms with Crippen molar-refractivity contribution in [3.8, 4) is 0 Å². The van der Waals surface area contributed by atoms with Gasteiger partial charge in [-0.2, -0.15) is 0 Å². The number of rotatable bonds is 12. The molecule has 0 aromatic heterocycles. The highest BCUT2D eigenvalue weighted by molar-refractivity contribution is 5.84. The Morgan fingerprint density at radius 2 is 1.44 bits per heavy atom. The minimum Gasteiger partial charge on any atom is -0.352 e. The maximum atomic E-state index is 13.5. The molecule has 0 spiro atoms. The van der Waals surface area contributed by atoms with Gasteiger partial charge in [0.05, 0.1) is 5.92 Å². The van der Waals surface area contributed by atoms with Gasteiger partial charge in [-0.1, -0.05) is 81.3 Å². The van der Waals surface area contributed by atoms with Crippen LogP contribution in [0.15, 0.2) is 78.9 Å². The molecular weight excluding hydrogens is 514 g/mol. The molecule has 5 rings (SSSR count). The van der Waals surface area contributed by atoms with E-state index >= 15 is 0 Å². The molecule has 1 aliphatic carbocycles. The first-order chi connectivity index (χ1) is 19.9. The molecule has 3 aromatic carbocycles. The maximum absolute atomic E-state index is 13.5. The molecule has 3 nitrogen and oxygen atoms in total. The Morgan fingerprint density at radius 1 is 0.805 bits per heavy atom. The summed E-state index contributed by atoms with van der Waals surface area (Å²) in [5, 5.41) is 3.47.